The Balaban J connectivity index is 2.00. The van der Waals surface area contributed by atoms with Crippen molar-refractivity contribution >= 4 is 21.6 Å². The van der Waals surface area contributed by atoms with Gasteiger partial charge in [0.1, 0.15) is 24.1 Å². The molecule has 0 aliphatic rings. The monoisotopic (exact) mass is 420 g/mol. The fraction of sp³-hybridized carbons (Fsp3) is 0.381. The standard InChI is InChI=1S/C21H28N2O5S/c1-5-27-19-12-10-18(11-13-19)23(29(4,25)26)17(3)21(24)22-14-15-28-20-9-7-6-8-16(20)2/h6-13,17H,5,14-15H2,1-4H3,(H,22,24)/t17-/m0/s1. The van der Waals surface area contributed by atoms with Crippen LogP contribution in [0.3, 0.4) is 0 Å². The Hall–Kier alpha value is -2.74. The summed E-state index contributed by atoms with van der Waals surface area (Å²) in [6, 6.07) is 13.3. The van der Waals surface area contributed by atoms with E-state index in [0.717, 1.165) is 21.9 Å². The zero-order chi connectivity index (χ0) is 21.4. The summed E-state index contributed by atoms with van der Waals surface area (Å²) in [5.74, 6) is 0.981. The van der Waals surface area contributed by atoms with Crippen molar-refractivity contribution in [3.05, 3.63) is 54.1 Å². The second kappa shape index (κ2) is 10.2. The first kappa shape index (κ1) is 22.5. The van der Waals surface area contributed by atoms with E-state index in [1.807, 2.05) is 38.1 Å². The maximum atomic E-state index is 12.6. The summed E-state index contributed by atoms with van der Waals surface area (Å²) in [5, 5.41) is 2.73. The number of hydrogen-bond donors (Lipinski definition) is 1. The summed E-state index contributed by atoms with van der Waals surface area (Å²) in [6.07, 6.45) is 1.08. The van der Waals surface area contributed by atoms with Crippen LogP contribution < -0.4 is 19.1 Å². The molecule has 2 rings (SSSR count). The van der Waals surface area contributed by atoms with Crippen LogP contribution in [-0.2, 0) is 14.8 Å². The molecule has 0 aliphatic heterocycles. The fourth-order valence-electron chi connectivity index (χ4n) is 2.87. The van der Waals surface area contributed by atoms with Gasteiger partial charge in [0.2, 0.25) is 15.9 Å². The molecule has 7 nitrogen and oxygen atoms in total. The zero-order valence-electron chi connectivity index (χ0n) is 17.2. The first-order valence-corrected chi connectivity index (χ1v) is 11.3. The topological polar surface area (TPSA) is 84.9 Å². The molecule has 2 aromatic rings. The number of carbonyl (C=O) groups is 1. The molecule has 0 bridgehead atoms. The number of amides is 1. The Morgan fingerprint density at radius 1 is 1.10 bits per heavy atom. The Morgan fingerprint density at radius 2 is 1.76 bits per heavy atom. The van der Waals surface area contributed by atoms with Crippen LogP contribution in [0.1, 0.15) is 19.4 Å². The predicted molar refractivity (Wildman–Crippen MR) is 114 cm³/mol. The van der Waals surface area contributed by atoms with Crippen molar-refractivity contribution < 1.29 is 22.7 Å². The van der Waals surface area contributed by atoms with E-state index in [1.165, 1.54) is 0 Å². The van der Waals surface area contributed by atoms with Gasteiger partial charge in [0, 0.05) is 0 Å². The summed E-state index contributed by atoms with van der Waals surface area (Å²) in [7, 11) is -3.67. The van der Waals surface area contributed by atoms with E-state index in [1.54, 1.807) is 31.2 Å². The summed E-state index contributed by atoms with van der Waals surface area (Å²) >= 11 is 0. The van der Waals surface area contributed by atoms with Gasteiger partial charge < -0.3 is 14.8 Å². The van der Waals surface area contributed by atoms with Crippen LogP contribution in [0.2, 0.25) is 0 Å². The zero-order valence-corrected chi connectivity index (χ0v) is 18.0. The van der Waals surface area contributed by atoms with Crippen molar-refractivity contribution in [1.82, 2.24) is 5.32 Å². The van der Waals surface area contributed by atoms with Crippen molar-refractivity contribution in [3.8, 4) is 11.5 Å². The van der Waals surface area contributed by atoms with Crippen LogP contribution in [-0.4, -0.2) is 46.4 Å². The van der Waals surface area contributed by atoms with E-state index in [0.29, 0.717) is 18.0 Å². The molecule has 0 saturated heterocycles. The smallest absolute Gasteiger partial charge is 0.243 e. The molecular weight excluding hydrogens is 392 g/mol. The van der Waals surface area contributed by atoms with Crippen molar-refractivity contribution in [2.24, 2.45) is 0 Å². The summed E-state index contributed by atoms with van der Waals surface area (Å²) < 4.78 is 36.8. The van der Waals surface area contributed by atoms with E-state index in [4.69, 9.17) is 9.47 Å². The van der Waals surface area contributed by atoms with Crippen molar-refractivity contribution in [2.75, 3.05) is 30.3 Å². The third-order valence-corrected chi connectivity index (χ3v) is 5.48. The van der Waals surface area contributed by atoms with E-state index in [2.05, 4.69) is 5.32 Å². The maximum Gasteiger partial charge on any atom is 0.243 e. The Labute approximate surface area is 172 Å². The highest BCUT2D eigenvalue weighted by Crippen LogP contribution is 2.24. The molecule has 0 aliphatic carbocycles. The van der Waals surface area contributed by atoms with Gasteiger partial charge in [-0.1, -0.05) is 18.2 Å². The summed E-state index contributed by atoms with van der Waals surface area (Å²) in [5.41, 5.74) is 1.40. The second-order valence-corrected chi connectivity index (χ2v) is 8.43. The van der Waals surface area contributed by atoms with Crippen molar-refractivity contribution in [2.45, 2.75) is 26.8 Å². The third-order valence-electron chi connectivity index (χ3n) is 4.24. The lowest BCUT2D eigenvalue weighted by molar-refractivity contribution is -0.121. The van der Waals surface area contributed by atoms with Crippen molar-refractivity contribution in [3.63, 3.8) is 0 Å². The third kappa shape index (κ3) is 6.39. The normalized spacial score (nSPS) is 12.1. The average molecular weight is 421 g/mol. The first-order valence-electron chi connectivity index (χ1n) is 9.42. The van der Waals surface area contributed by atoms with Gasteiger partial charge in [-0.3, -0.25) is 9.10 Å². The summed E-state index contributed by atoms with van der Waals surface area (Å²) in [4.78, 5) is 12.6. The molecule has 29 heavy (non-hydrogen) atoms. The molecule has 2 aromatic carbocycles. The molecule has 0 heterocycles. The van der Waals surface area contributed by atoms with Gasteiger partial charge in [-0.05, 0) is 56.7 Å². The second-order valence-electron chi connectivity index (χ2n) is 6.57. The number of aryl methyl sites for hydroxylation is 1. The molecule has 8 heteroatoms. The van der Waals surface area contributed by atoms with Gasteiger partial charge in [-0.25, -0.2) is 8.42 Å². The quantitative estimate of drug-likeness (QED) is 0.598. The lowest BCUT2D eigenvalue weighted by Crippen LogP contribution is -2.48. The Morgan fingerprint density at radius 3 is 2.34 bits per heavy atom. The van der Waals surface area contributed by atoms with Gasteiger partial charge in [0.25, 0.3) is 0 Å². The first-order chi connectivity index (χ1) is 13.7. The number of benzene rings is 2. The molecule has 1 amide bonds. The highest BCUT2D eigenvalue weighted by atomic mass is 32.2. The average Bonchev–Trinajstić information content (AvgIpc) is 2.67. The van der Waals surface area contributed by atoms with E-state index >= 15 is 0 Å². The fourth-order valence-corrected chi connectivity index (χ4v) is 4.04. The number of ether oxygens (including phenoxy) is 2. The van der Waals surface area contributed by atoms with E-state index in [9.17, 15) is 13.2 Å². The number of hydrogen-bond acceptors (Lipinski definition) is 5. The molecule has 158 valence electrons. The van der Waals surface area contributed by atoms with Gasteiger partial charge in [0.05, 0.1) is 25.1 Å². The minimum absolute atomic E-state index is 0.262. The number of para-hydroxylation sites is 1. The van der Waals surface area contributed by atoms with Crippen molar-refractivity contribution in [1.29, 1.82) is 0 Å². The number of sulfonamides is 1. The van der Waals surface area contributed by atoms with Crippen LogP contribution >= 0.6 is 0 Å². The highest BCUT2D eigenvalue weighted by Gasteiger charge is 2.28. The minimum atomic E-state index is -3.67. The van der Waals surface area contributed by atoms with Crippen LogP contribution in [0.25, 0.3) is 0 Å². The minimum Gasteiger partial charge on any atom is -0.494 e. The SMILES string of the molecule is CCOc1ccc(N([C@@H](C)C(=O)NCCOc2ccccc2C)S(C)(=O)=O)cc1. The number of carbonyl (C=O) groups excluding carboxylic acids is 1. The van der Waals surface area contributed by atoms with Gasteiger partial charge in [-0.2, -0.15) is 0 Å². The molecule has 0 fully saturated rings. The van der Waals surface area contributed by atoms with Gasteiger partial charge >= 0.3 is 0 Å². The lowest BCUT2D eigenvalue weighted by Gasteiger charge is -2.28. The van der Waals surface area contributed by atoms with Gasteiger partial charge in [-0.15, -0.1) is 0 Å². The van der Waals surface area contributed by atoms with Crippen LogP contribution in [0.5, 0.6) is 11.5 Å². The Bertz CT molecular complexity index is 913. The molecule has 0 radical (unpaired) electrons. The highest BCUT2D eigenvalue weighted by molar-refractivity contribution is 7.92. The number of nitrogens with zero attached hydrogens (tertiary/aromatic N) is 1. The maximum absolute atomic E-state index is 12.6. The molecule has 0 aromatic heterocycles. The molecule has 0 spiro atoms. The lowest BCUT2D eigenvalue weighted by atomic mass is 10.2. The van der Waals surface area contributed by atoms with Crippen LogP contribution in [0, 0.1) is 6.92 Å². The van der Waals surface area contributed by atoms with Crippen LogP contribution in [0.4, 0.5) is 5.69 Å². The Kier molecular flexibility index (Phi) is 7.90. The predicted octanol–water partition coefficient (Wildman–Crippen LogP) is 2.74. The molecule has 0 unspecified atom stereocenters. The van der Waals surface area contributed by atoms with Gasteiger partial charge in [0.15, 0.2) is 0 Å². The molecule has 0 saturated carbocycles. The number of nitrogens with one attached hydrogen (secondary N) is 1. The van der Waals surface area contributed by atoms with Crippen LogP contribution in [0.15, 0.2) is 48.5 Å². The summed E-state index contributed by atoms with van der Waals surface area (Å²) in [6.45, 7) is 6.42. The molecular formula is C21H28N2O5S. The number of anilines is 1. The number of rotatable bonds is 10. The largest absolute Gasteiger partial charge is 0.494 e. The molecule has 1 N–H and O–H groups in total. The van der Waals surface area contributed by atoms with E-state index in [-0.39, 0.29) is 13.2 Å². The molecule has 1 atom stereocenters. The van der Waals surface area contributed by atoms with E-state index < -0.39 is 22.0 Å².